The summed E-state index contributed by atoms with van der Waals surface area (Å²) in [5, 5.41) is 38.0. The molecule has 6 N–H and O–H groups in total. The molecule has 0 radical (unpaired) electrons. The van der Waals surface area contributed by atoms with E-state index in [1.165, 1.54) is 50.6 Å². The average Bonchev–Trinajstić information content (AvgIpc) is 3.28. The molecule has 0 saturated heterocycles. The number of halogens is 2. The number of methoxy groups -OCH3 is 1. The lowest BCUT2D eigenvalue weighted by molar-refractivity contribution is -0.385. The normalized spacial score (nSPS) is 12.1. The molecule has 0 aliphatic carbocycles. The van der Waals surface area contributed by atoms with Gasteiger partial charge < -0.3 is 9.94 Å². The smallest absolute Gasteiger partial charge is 0.308 e. The molecule has 2 atom stereocenters. The molecule has 0 aliphatic heterocycles. The number of aryl methyl sites for hydroxylation is 4. The molecule has 4 aromatic carbocycles. The van der Waals surface area contributed by atoms with Crippen LogP contribution in [0.15, 0.2) is 82.6 Å². The molecule has 0 bridgehead atoms. The maximum Gasteiger partial charge on any atom is 0.308 e. The molecule has 19 nitrogen and oxygen atoms in total. The molecule has 67 heavy (non-hydrogen) atoms. The Morgan fingerprint density at radius 1 is 0.657 bits per heavy atom. The number of carbonyl (C=O) groups is 2. The molecule has 0 spiro atoms. The number of hydroxylamine groups is 2. The zero-order valence-corrected chi connectivity index (χ0v) is 39.6. The monoisotopic (exact) mass is 980 g/mol. The predicted molar refractivity (Wildman–Crippen MR) is 243 cm³/mol. The van der Waals surface area contributed by atoms with Crippen LogP contribution < -0.4 is 20.4 Å². The van der Waals surface area contributed by atoms with Crippen molar-refractivity contribution in [2.24, 2.45) is 11.8 Å². The van der Waals surface area contributed by atoms with Crippen molar-refractivity contribution < 1.29 is 60.2 Å². The van der Waals surface area contributed by atoms with Crippen LogP contribution in [0.4, 0.5) is 20.2 Å². The molecule has 0 unspecified atom stereocenters. The summed E-state index contributed by atoms with van der Waals surface area (Å²) >= 11 is 0. The van der Waals surface area contributed by atoms with Gasteiger partial charge in [-0.15, -0.1) is 0 Å². The van der Waals surface area contributed by atoms with Gasteiger partial charge in [-0.1, -0.05) is 49.2 Å². The molecule has 0 aliphatic rings. The number of hydrogen-bond donors (Lipinski definition) is 6. The molecule has 0 fully saturated rings. The maximum atomic E-state index is 13.9. The van der Waals surface area contributed by atoms with Crippen molar-refractivity contribution in [2.75, 3.05) is 27.2 Å². The first kappa shape index (κ1) is 57.3. The molecule has 0 heterocycles. The summed E-state index contributed by atoms with van der Waals surface area (Å²) in [5.41, 5.74) is 6.34. The van der Waals surface area contributed by atoms with Crippen LogP contribution in [0.2, 0.25) is 0 Å². The second-order valence-corrected chi connectivity index (χ2v) is 18.9. The van der Waals surface area contributed by atoms with Gasteiger partial charge in [0, 0.05) is 50.3 Å². The zero-order valence-electron chi connectivity index (χ0n) is 38.0. The highest BCUT2D eigenvalue weighted by molar-refractivity contribution is 7.89. The van der Waals surface area contributed by atoms with E-state index in [2.05, 4.69) is 9.44 Å². The maximum absolute atomic E-state index is 13.9. The lowest BCUT2D eigenvalue weighted by Gasteiger charge is -2.16. The lowest BCUT2D eigenvalue weighted by Crippen LogP contribution is -2.30. The third kappa shape index (κ3) is 18.8. The molecule has 368 valence electrons. The number of non-ortho nitro benzene ring substituents is 2. The Hall–Kier alpha value is -5.82. The quantitative estimate of drug-likeness (QED) is 0.0159. The molecule has 1 amide bonds. The van der Waals surface area contributed by atoms with E-state index in [1.54, 1.807) is 62.9 Å². The highest BCUT2D eigenvalue weighted by Gasteiger charge is 2.23. The Balaban J connectivity index is 0.000000435. The summed E-state index contributed by atoms with van der Waals surface area (Å²) in [6.07, 6.45) is 3.45. The fourth-order valence-corrected chi connectivity index (χ4v) is 9.13. The van der Waals surface area contributed by atoms with Crippen LogP contribution >= 0.6 is 0 Å². The number of hydrogen-bond acceptors (Lipinski definition) is 14. The number of amides is 1. The van der Waals surface area contributed by atoms with Gasteiger partial charge in [0.15, 0.2) is 0 Å². The molecular formula is C44H58F2N6O13S2. The predicted octanol–water partition coefficient (Wildman–Crippen LogP) is 6.59. The average molecular weight is 981 g/mol. The first-order valence-corrected chi connectivity index (χ1v) is 23.8. The van der Waals surface area contributed by atoms with Gasteiger partial charge in [-0.05, 0) is 112 Å². The van der Waals surface area contributed by atoms with Gasteiger partial charge in [0.05, 0.1) is 32.7 Å². The van der Waals surface area contributed by atoms with Gasteiger partial charge in [0.25, 0.3) is 11.4 Å². The van der Waals surface area contributed by atoms with Crippen LogP contribution in [0, 0.1) is 71.4 Å². The highest BCUT2D eigenvalue weighted by atomic mass is 32.2. The van der Waals surface area contributed by atoms with Crippen molar-refractivity contribution in [2.45, 2.75) is 88.9 Å². The van der Waals surface area contributed by atoms with Crippen LogP contribution in [0.5, 0.6) is 0 Å². The molecular weight excluding hydrogens is 923 g/mol. The number of ether oxygens (including phenoxy) is 1. The summed E-state index contributed by atoms with van der Waals surface area (Å²) < 4.78 is 86.8. The topological polar surface area (TPSA) is 287 Å². The Morgan fingerprint density at radius 3 is 1.36 bits per heavy atom. The second kappa shape index (κ2) is 27.7. The number of esters is 1. The number of nitro benzene ring substituents is 2. The number of nitrogens with zero attached hydrogens (tertiary/aromatic N) is 2. The number of carbonyl (C=O) groups excluding carboxylic acids is 2. The zero-order chi connectivity index (χ0) is 50.5. The van der Waals surface area contributed by atoms with Crippen LogP contribution in [-0.2, 0) is 47.2 Å². The van der Waals surface area contributed by atoms with E-state index in [9.17, 15) is 55.4 Å². The SMILES string of the molecule is CNO.COC(=O)[C@@H](CCCCNS(=O)(=O)c1cccc([N+](=O)[O-])c1)Cc1cc(C)c(F)c(C)c1.Cc1cc(C[C@H](CCCCNS(=O)(=O)c2cccc([N+](=O)[O-])c2)C(=O)NO)cc(C)c1F. The molecule has 4 aromatic rings. The van der Waals surface area contributed by atoms with E-state index in [4.69, 9.17) is 15.2 Å². The van der Waals surface area contributed by atoms with E-state index in [0.717, 1.165) is 23.3 Å². The van der Waals surface area contributed by atoms with Crippen molar-refractivity contribution in [3.63, 3.8) is 0 Å². The number of nitrogens with one attached hydrogen (secondary N) is 4. The van der Waals surface area contributed by atoms with Crippen LogP contribution in [0.1, 0.15) is 71.9 Å². The van der Waals surface area contributed by atoms with E-state index < -0.39 is 47.6 Å². The third-order valence-electron chi connectivity index (χ3n) is 10.2. The van der Waals surface area contributed by atoms with Gasteiger partial charge in [-0.25, -0.2) is 46.0 Å². The van der Waals surface area contributed by atoms with Gasteiger partial charge in [0.2, 0.25) is 26.0 Å². The van der Waals surface area contributed by atoms with Gasteiger partial charge >= 0.3 is 5.97 Å². The van der Waals surface area contributed by atoms with Crippen molar-refractivity contribution in [3.05, 3.63) is 138 Å². The van der Waals surface area contributed by atoms with Crippen molar-refractivity contribution in [1.29, 1.82) is 0 Å². The largest absolute Gasteiger partial charge is 0.469 e. The Bertz CT molecular complexity index is 2330. The first-order chi connectivity index (χ1) is 31.5. The number of sulfonamides is 2. The molecule has 0 aromatic heterocycles. The summed E-state index contributed by atoms with van der Waals surface area (Å²) in [6.45, 7) is 6.82. The van der Waals surface area contributed by atoms with Crippen LogP contribution in [-0.4, -0.2) is 76.2 Å². The minimum atomic E-state index is -3.91. The summed E-state index contributed by atoms with van der Waals surface area (Å²) in [6, 6.07) is 16.3. The van der Waals surface area contributed by atoms with Crippen LogP contribution in [0.3, 0.4) is 0 Å². The third-order valence-corrected chi connectivity index (χ3v) is 13.1. The second-order valence-electron chi connectivity index (χ2n) is 15.4. The minimum absolute atomic E-state index is 0.0766. The van der Waals surface area contributed by atoms with Gasteiger partial charge in [-0.2, -0.15) is 0 Å². The number of nitro groups is 2. The Labute approximate surface area is 388 Å². The Kier molecular flexibility index (Phi) is 23.7. The fraction of sp³-hybridized carbons (Fsp3) is 0.409. The van der Waals surface area contributed by atoms with Crippen molar-refractivity contribution in [1.82, 2.24) is 20.4 Å². The fourth-order valence-electron chi connectivity index (χ4n) is 6.90. The summed E-state index contributed by atoms with van der Waals surface area (Å²) in [5.74, 6) is -2.51. The van der Waals surface area contributed by atoms with Gasteiger partial charge in [0.1, 0.15) is 11.6 Å². The summed E-state index contributed by atoms with van der Waals surface area (Å²) in [4.78, 5) is 44.2. The van der Waals surface area contributed by atoms with Crippen LogP contribution in [0.25, 0.3) is 0 Å². The van der Waals surface area contributed by atoms with E-state index in [-0.39, 0.29) is 51.9 Å². The number of unbranched alkanes of at least 4 members (excludes halogenated alkanes) is 2. The Morgan fingerprint density at radius 2 is 1.01 bits per heavy atom. The van der Waals surface area contributed by atoms with E-state index >= 15 is 0 Å². The van der Waals surface area contributed by atoms with Gasteiger partial charge in [-0.3, -0.25) is 35.0 Å². The molecule has 0 saturated carbocycles. The molecule has 4 rings (SSSR count). The number of rotatable bonds is 22. The number of benzene rings is 4. The van der Waals surface area contributed by atoms with Crippen molar-refractivity contribution >= 4 is 43.3 Å². The first-order valence-electron chi connectivity index (χ1n) is 20.8. The summed E-state index contributed by atoms with van der Waals surface area (Å²) in [7, 11) is -5.05. The highest BCUT2D eigenvalue weighted by Crippen LogP contribution is 2.24. The minimum Gasteiger partial charge on any atom is -0.469 e. The molecule has 23 heteroatoms. The lowest BCUT2D eigenvalue weighted by atomic mass is 9.92. The van der Waals surface area contributed by atoms with E-state index in [1.807, 2.05) is 0 Å². The van der Waals surface area contributed by atoms with Crippen molar-refractivity contribution in [3.8, 4) is 0 Å². The standard InChI is InChI=1S/C22H27FN2O6S.C21H26FN3O6S.CH5NO/c1-15-11-17(12-16(2)21(15)23)13-18(22(26)31-3)7-4-5-10-24-32(29,30)20-9-6-8-19(14-20)25(27)28;1-14-10-16(11-15(2)20(14)22)12-17(21(26)24-27)6-3-4-9-23-32(30,31)19-8-5-7-18(13-19)25(28)29;1-2-3/h6,8-9,11-12,14,18,24H,4-5,7,10,13H2,1-3H3;5,7-8,10-11,13,17,23,27H,3-4,6,9,12H2,1-2H3,(H,24,26);2-3H,1H3/t18-;17-;/m00./s1. The van der Waals surface area contributed by atoms with E-state index in [0.29, 0.717) is 73.6 Å².